The molecule has 7 heteroatoms. The molecule has 0 saturated carbocycles. The van der Waals surface area contributed by atoms with Gasteiger partial charge in [0, 0.05) is 88.3 Å². The summed E-state index contributed by atoms with van der Waals surface area (Å²) >= 11 is 0. The number of aromatic nitrogens is 2. The molecule has 18 aromatic rings. The van der Waals surface area contributed by atoms with Crippen LogP contribution < -0.4 is 26.2 Å². The van der Waals surface area contributed by atoms with E-state index in [1.54, 1.807) is 86.6 Å². The number of benzene rings is 14. The maximum Gasteiger partial charge on any atom is 0.252 e. The van der Waals surface area contributed by atoms with Gasteiger partial charge in [-0.2, -0.15) is 0 Å². The minimum absolute atomic E-state index is 0.127. The first-order chi connectivity index (χ1) is 67.5. The summed E-state index contributed by atoms with van der Waals surface area (Å²) in [5, 5.41) is -4.41. The Hall–Kier alpha value is -12.1. The molecule has 494 valence electrons. The van der Waals surface area contributed by atoms with Crippen LogP contribution in [-0.4, -0.2) is 15.8 Å². The van der Waals surface area contributed by atoms with Crippen LogP contribution in [0.1, 0.15) is 137 Å². The predicted molar refractivity (Wildman–Crippen MR) is 436 cm³/mol. The van der Waals surface area contributed by atoms with Crippen LogP contribution in [0.3, 0.4) is 0 Å². The van der Waals surface area contributed by atoms with Gasteiger partial charge in [-0.25, -0.2) is 0 Å². The molecule has 0 radical (unpaired) electrons. The van der Waals surface area contributed by atoms with Crippen molar-refractivity contribution in [1.29, 1.82) is 0 Å². The Morgan fingerprint density at radius 3 is 1.09 bits per heavy atom. The van der Waals surface area contributed by atoms with E-state index in [2.05, 4.69) is 0 Å². The summed E-state index contributed by atoms with van der Waals surface area (Å²) in [5.74, 6) is 0. The second-order valence-corrected chi connectivity index (χ2v) is 28.3. The Bertz CT molecular complexity index is 8550. The molecular weight excluding hydrogens is 1250 g/mol. The van der Waals surface area contributed by atoms with Crippen LogP contribution in [0.5, 0.6) is 0 Å². The van der Waals surface area contributed by atoms with Gasteiger partial charge in [0.2, 0.25) is 0 Å². The zero-order valence-electron chi connectivity index (χ0n) is 98.1. The van der Waals surface area contributed by atoms with E-state index in [-0.39, 0.29) is 22.3 Å². The van der Waals surface area contributed by atoms with Crippen molar-refractivity contribution in [2.45, 2.75) is 78.6 Å². The molecule has 20 rings (SSSR count). The summed E-state index contributed by atoms with van der Waals surface area (Å²) in [6, 6.07) is -33.6. The van der Waals surface area contributed by atoms with Gasteiger partial charge in [-0.15, -0.1) is 0 Å². The van der Waals surface area contributed by atoms with Crippen LogP contribution in [0, 0.1) is 0 Å². The maximum absolute atomic E-state index is 11.9. The summed E-state index contributed by atoms with van der Waals surface area (Å²) in [6.07, 6.45) is 0. The molecule has 0 aliphatic carbocycles. The first kappa shape index (κ1) is 31.9. The third-order valence-corrected chi connectivity index (χ3v) is 19.1. The molecule has 0 N–H and O–H groups in total. The highest BCUT2D eigenvalue weighted by Gasteiger charge is 2.47. The van der Waals surface area contributed by atoms with E-state index in [1.807, 2.05) is 0 Å². The van der Waals surface area contributed by atoms with Gasteiger partial charge >= 0.3 is 0 Å². The fourth-order valence-corrected chi connectivity index (χ4v) is 14.9. The van der Waals surface area contributed by atoms with Crippen LogP contribution >= 0.6 is 0 Å². The van der Waals surface area contributed by atoms with Crippen molar-refractivity contribution >= 4 is 145 Å². The molecule has 0 fully saturated rings. The molecule has 0 amide bonds. The van der Waals surface area contributed by atoms with Gasteiger partial charge in [0.1, 0.15) is 11.2 Å². The van der Waals surface area contributed by atoms with E-state index in [0.717, 1.165) is 18.9 Å². The van der Waals surface area contributed by atoms with Crippen molar-refractivity contribution in [1.82, 2.24) is 9.13 Å². The van der Waals surface area contributed by atoms with Crippen molar-refractivity contribution in [2.24, 2.45) is 0 Å². The molecule has 2 aliphatic heterocycles. The lowest BCUT2D eigenvalue weighted by atomic mass is 9.33. The van der Waals surface area contributed by atoms with Crippen molar-refractivity contribution < 1.29 is 66.4 Å². The lowest BCUT2D eigenvalue weighted by Gasteiger charge is -2.45. The van der Waals surface area contributed by atoms with E-state index in [4.69, 9.17) is 8.83 Å². The SMILES string of the molecule is [2H]c1c([2H])c([2H])c(-c2c([2H])c(C(C)(C)C)c3c(oc4c([2H])c([2H])c([2H])c([2H])c43)c2N2c3cc(-c4ccccc4C(C)(C)C)cc4c3B(c3c([2H])c([2H])c(-n5c6c([2H])c([2H])c([2H])c([2H])c6c6c([2H])c([2H])c([2H])c([2H])c65)c([2H])c32)c2c([2H])c([2H])c(-n3c5c([2H])c([2H])c([2H])c([2H])c5c5c([2H])c([2H])c([2H])c([2H])c53)c([2H])c2N4c2c(-c3c([2H])c([2H])c([2H])c([2H])c3[2H])c([2H])c(C(C)(C)C)c3c2oc2c([2H])c([2H])c([2H])c([2H])c23)c([2H])c1[2H]. The molecular formula is C96H75BN4O2. The maximum atomic E-state index is 11.9. The molecule has 4 aromatic heterocycles. The number of nitrogens with zero attached hydrogens (tertiary/aromatic N) is 4. The monoisotopic (exact) mass is 1370 g/mol. The Morgan fingerprint density at radius 2 is 0.689 bits per heavy atom. The number of fused-ring (bicyclic) bond motifs is 16. The normalized spacial score (nSPS) is 18.9. The van der Waals surface area contributed by atoms with Gasteiger partial charge < -0.3 is 27.8 Å². The lowest BCUT2D eigenvalue weighted by molar-refractivity contribution is 0.592. The molecule has 0 saturated heterocycles. The van der Waals surface area contributed by atoms with Gasteiger partial charge in [-0.05, 0) is 156 Å². The Kier molecular flexibility index (Phi) is 6.88. The van der Waals surface area contributed by atoms with E-state index >= 15 is 0 Å². The molecule has 6 heterocycles. The van der Waals surface area contributed by atoms with E-state index < -0.39 is 448 Å². The molecule has 0 bridgehead atoms. The van der Waals surface area contributed by atoms with Crippen LogP contribution in [0.2, 0.25) is 0 Å². The number of hydrogen-bond donors (Lipinski definition) is 0. The second-order valence-electron chi connectivity index (χ2n) is 28.3. The topological polar surface area (TPSA) is 42.6 Å². The van der Waals surface area contributed by atoms with E-state index in [0.29, 0.717) is 5.56 Å². The molecule has 0 unspecified atom stereocenters. The Morgan fingerprint density at radius 1 is 0.330 bits per heavy atom. The number of para-hydroxylation sites is 6. The highest BCUT2D eigenvalue weighted by Crippen LogP contribution is 2.57. The van der Waals surface area contributed by atoms with Gasteiger partial charge in [0.05, 0.1) is 91.0 Å². The van der Waals surface area contributed by atoms with Crippen molar-refractivity contribution in [3.8, 4) is 44.8 Å². The smallest absolute Gasteiger partial charge is 0.252 e. The summed E-state index contributed by atoms with van der Waals surface area (Å²) in [7, 11) is 0. The molecule has 0 spiro atoms. The quantitative estimate of drug-likeness (QED) is 0.149. The minimum Gasteiger partial charge on any atom is -0.454 e. The van der Waals surface area contributed by atoms with Gasteiger partial charge in [-0.1, -0.05) is 268 Å². The minimum atomic E-state index is -2.41. The number of rotatable bonds is 7. The predicted octanol–water partition coefficient (Wildman–Crippen LogP) is 24.7. The van der Waals surface area contributed by atoms with Crippen molar-refractivity contribution in [3.63, 3.8) is 0 Å². The molecule has 6 nitrogen and oxygen atoms in total. The first-order valence-corrected chi connectivity index (χ1v) is 32.8. The van der Waals surface area contributed by atoms with Gasteiger partial charge in [0.25, 0.3) is 6.71 Å². The molecule has 103 heavy (non-hydrogen) atoms. The lowest BCUT2D eigenvalue weighted by Crippen LogP contribution is -2.61. The van der Waals surface area contributed by atoms with Crippen LogP contribution in [0.25, 0.3) is 132 Å². The fourth-order valence-electron chi connectivity index (χ4n) is 14.9. The fraction of sp³-hybridized carbons (Fsp3) is 0.125. The van der Waals surface area contributed by atoms with E-state index in [9.17, 15) is 57.6 Å². The number of anilines is 6. The van der Waals surface area contributed by atoms with Crippen LogP contribution in [0.15, 0.2) is 299 Å². The zero-order valence-corrected chi connectivity index (χ0v) is 56.1. The summed E-state index contributed by atoms with van der Waals surface area (Å²) < 4.78 is 436. The van der Waals surface area contributed by atoms with Crippen LogP contribution in [-0.2, 0) is 16.2 Å². The van der Waals surface area contributed by atoms with Crippen molar-refractivity contribution in [3.05, 3.63) is 307 Å². The average Bonchev–Trinajstić information content (AvgIpc) is 1.65. The van der Waals surface area contributed by atoms with Crippen molar-refractivity contribution in [2.75, 3.05) is 9.80 Å². The third kappa shape index (κ3) is 9.07. The summed E-state index contributed by atoms with van der Waals surface area (Å²) in [6.45, 7) is 12.4. The van der Waals surface area contributed by atoms with Gasteiger partial charge in [-0.3, -0.25) is 0 Å². The van der Waals surface area contributed by atoms with Gasteiger partial charge in [0.15, 0.2) is 11.2 Å². The Labute approximate surface area is 659 Å². The third-order valence-electron chi connectivity index (χ3n) is 19.1. The zero-order chi connectivity index (χ0) is 106. The Balaban J connectivity index is 1.16. The largest absolute Gasteiger partial charge is 0.454 e. The average molecular weight is 1370 g/mol. The summed E-state index contributed by atoms with van der Waals surface area (Å²) in [4.78, 5) is 2.05. The highest BCUT2D eigenvalue weighted by atomic mass is 16.3. The number of furan rings is 2. The van der Waals surface area contributed by atoms with E-state index in [1.165, 1.54) is 12.1 Å². The number of hydrogen-bond acceptors (Lipinski definition) is 4. The standard InChI is InChI=1S/C96H75BN4O2/c1-94(2,3)72-41-23-16-34-63(72)60-52-83-89-84(53-60)101(91-71(59-32-14-11-15-33-59)57-74(96(7,8)9)88-69-40-22-29-47-86(69)103-93(88)91)82-55-62(99-79-44-26-19-37-66(79)67-38-20-27-45-80(67)99)49-51-76(82)97(89)75-50-48-61(98-77-42-24-17-35-64(77)65-36-18-25-43-78(65)98)54-81(75)100(83)90-70(58-30-12-10-13-31-58)56-73(95(4,5)6)87-68-39-21-28-46-85(68)102-92(87)90/h10-57H,1-9H3/i10D,11D,12D,13D,14D,15D,17D,18D,19D,20D,21D,22D,24D,25D,26D,27D,28D,29D,30D,31D,32D,33D,35D,36D,37D,38D,39D,40D,42D,43D,44D,45D,46D,47D,48D,49D,50D,51D,54D,55D,56D,57D. The summed E-state index contributed by atoms with van der Waals surface area (Å²) in [5.41, 5.74) is -22.7. The molecule has 14 aromatic carbocycles. The molecule has 0 atom stereocenters. The first-order valence-electron chi connectivity index (χ1n) is 53.8. The second kappa shape index (κ2) is 22.2. The molecule has 2 aliphatic rings. The highest BCUT2D eigenvalue weighted by molar-refractivity contribution is 7.00. The van der Waals surface area contributed by atoms with Crippen LogP contribution in [0.4, 0.5) is 34.1 Å².